The maximum absolute atomic E-state index is 11.7. The van der Waals surface area contributed by atoms with Crippen LogP contribution in [0.5, 0.6) is 0 Å². The summed E-state index contributed by atoms with van der Waals surface area (Å²) in [6, 6.07) is 1.94. The molecule has 1 amide bonds. The Kier molecular flexibility index (Phi) is 4.24. The second kappa shape index (κ2) is 6.48. The molecule has 0 atom stereocenters. The van der Waals surface area contributed by atoms with Gasteiger partial charge in [-0.25, -0.2) is 4.68 Å². The molecule has 0 aliphatic rings. The molecular formula is C13H14N6O2S. The van der Waals surface area contributed by atoms with Crippen LogP contribution < -0.4 is 5.32 Å². The molecule has 0 saturated heterocycles. The highest BCUT2D eigenvalue weighted by atomic mass is 32.1. The molecular weight excluding hydrogens is 304 g/mol. The van der Waals surface area contributed by atoms with Gasteiger partial charge in [-0.2, -0.15) is 16.3 Å². The van der Waals surface area contributed by atoms with Crippen molar-refractivity contribution >= 4 is 17.2 Å². The number of hydrogen-bond acceptors (Lipinski definition) is 7. The third-order valence-corrected chi connectivity index (χ3v) is 3.63. The highest BCUT2D eigenvalue weighted by Gasteiger charge is 2.11. The minimum atomic E-state index is -0.00809. The molecule has 0 saturated carbocycles. The normalized spacial score (nSPS) is 10.8. The summed E-state index contributed by atoms with van der Waals surface area (Å²) in [5.74, 6) is 0.877. The number of aromatic nitrogens is 5. The Morgan fingerprint density at radius 1 is 1.50 bits per heavy atom. The van der Waals surface area contributed by atoms with Crippen LogP contribution in [0, 0.1) is 6.92 Å². The van der Waals surface area contributed by atoms with Gasteiger partial charge in [0, 0.05) is 6.54 Å². The Morgan fingerprint density at radius 3 is 3.14 bits per heavy atom. The van der Waals surface area contributed by atoms with E-state index in [9.17, 15) is 4.79 Å². The lowest BCUT2D eigenvalue weighted by molar-refractivity contribution is -0.120. The summed E-state index contributed by atoms with van der Waals surface area (Å²) in [5.41, 5.74) is 1.54. The van der Waals surface area contributed by atoms with Crippen LogP contribution in [0.15, 0.2) is 27.5 Å². The van der Waals surface area contributed by atoms with Gasteiger partial charge in [0.05, 0.1) is 19.2 Å². The summed E-state index contributed by atoms with van der Waals surface area (Å²) in [6.45, 7) is 2.74. The van der Waals surface area contributed by atoms with Gasteiger partial charge in [0.1, 0.15) is 0 Å². The number of carbonyl (C=O) groups is 1. The predicted molar refractivity (Wildman–Crippen MR) is 79.1 cm³/mol. The molecule has 0 spiro atoms. The monoisotopic (exact) mass is 318 g/mol. The molecule has 0 aliphatic heterocycles. The first-order valence-electron chi connectivity index (χ1n) is 6.69. The summed E-state index contributed by atoms with van der Waals surface area (Å²) < 4.78 is 6.64. The van der Waals surface area contributed by atoms with Crippen LogP contribution in [0.4, 0.5) is 0 Å². The molecule has 22 heavy (non-hydrogen) atoms. The molecule has 8 nitrogen and oxygen atoms in total. The molecule has 0 unspecified atom stereocenters. The maximum atomic E-state index is 11.7. The molecule has 0 aliphatic carbocycles. The Morgan fingerprint density at radius 2 is 2.41 bits per heavy atom. The number of thiophene rings is 1. The fourth-order valence-electron chi connectivity index (χ4n) is 1.86. The summed E-state index contributed by atoms with van der Waals surface area (Å²) >= 11 is 1.58. The van der Waals surface area contributed by atoms with Gasteiger partial charge in [-0.1, -0.05) is 10.4 Å². The van der Waals surface area contributed by atoms with Crippen LogP contribution >= 0.6 is 11.3 Å². The van der Waals surface area contributed by atoms with E-state index in [-0.39, 0.29) is 5.91 Å². The van der Waals surface area contributed by atoms with Crippen molar-refractivity contribution < 1.29 is 9.32 Å². The van der Waals surface area contributed by atoms with Crippen molar-refractivity contribution in [2.45, 2.75) is 19.9 Å². The van der Waals surface area contributed by atoms with E-state index in [4.69, 9.17) is 4.52 Å². The van der Waals surface area contributed by atoms with Gasteiger partial charge in [-0.15, -0.1) is 5.10 Å². The van der Waals surface area contributed by atoms with Crippen LogP contribution in [0.25, 0.3) is 11.6 Å². The summed E-state index contributed by atoms with van der Waals surface area (Å²) in [4.78, 5) is 15.8. The highest BCUT2D eigenvalue weighted by Crippen LogP contribution is 2.12. The molecule has 0 bridgehead atoms. The van der Waals surface area contributed by atoms with Crippen molar-refractivity contribution in [3.8, 4) is 11.6 Å². The van der Waals surface area contributed by atoms with Gasteiger partial charge >= 0.3 is 0 Å². The third kappa shape index (κ3) is 3.55. The van der Waals surface area contributed by atoms with Gasteiger partial charge in [0.25, 0.3) is 5.89 Å². The van der Waals surface area contributed by atoms with E-state index in [1.807, 2.05) is 16.8 Å². The zero-order valence-corrected chi connectivity index (χ0v) is 12.7. The van der Waals surface area contributed by atoms with Gasteiger partial charge in [-0.3, -0.25) is 4.79 Å². The topological polar surface area (TPSA) is 98.7 Å². The Bertz CT molecular complexity index is 748. The van der Waals surface area contributed by atoms with E-state index in [0.717, 1.165) is 5.56 Å². The van der Waals surface area contributed by atoms with Crippen molar-refractivity contribution in [1.29, 1.82) is 0 Å². The SMILES string of the molecule is Cc1noc(-c2cn(CCNC(=O)Cc3ccsc3)nn2)n1. The first-order chi connectivity index (χ1) is 10.7. The first-order valence-corrected chi connectivity index (χ1v) is 7.63. The number of rotatable bonds is 6. The van der Waals surface area contributed by atoms with Crippen molar-refractivity contribution in [1.82, 2.24) is 30.5 Å². The molecule has 0 aromatic carbocycles. The standard InChI is InChI=1S/C13H14N6O2S/c1-9-15-13(21-17-9)11-7-19(18-16-11)4-3-14-12(20)6-10-2-5-22-8-10/h2,5,7-8H,3-4,6H2,1H3,(H,14,20). The molecule has 1 N–H and O–H groups in total. The average Bonchev–Trinajstić information content (AvgIpc) is 3.20. The zero-order valence-electron chi connectivity index (χ0n) is 11.9. The maximum Gasteiger partial charge on any atom is 0.280 e. The number of aryl methyl sites for hydroxylation is 1. The van der Waals surface area contributed by atoms with Gasteiger partial charge in [0.15, 0.2) is 11.5 Å². The zero-order chi connectivity index (χ0) is 15.4. The van der Waals surface area contributed by atoms with Crippen molar-refractivity contribution in [2.75, 3.05) is 6.54 Å². The fourth-order valence-corrected chi connectivity index (χ4v) is 2.53. The first kappa shape index (κ1) is 14.4. The molecule has 0 fully saturated rings. The van der Waals surface area contributed by atoms with Gasteiger partial charge in [0.2, 0.25) is 5.91 Å². The van der Waals surface area contributed by atoms with E-state index in [1.54, 1.807) is 29.1 Å². The lowest BCUT2D eigenvalue weighted by Gasteiger charge is -2.03. The predicted octanol–water partition coefficient (Wildman–Crippen LogP) is 1.06. The van der Waals surface area contributed by atoms with E-state index in [2.05, 4.69) is 25.8 Å². The molecule has 3 aromatic heterocycles. The Balaban J connectivity index is 1.48. The third-order valence-electron chi connectivity index (χ3n) is 2.89. The fraction of sp³-hybridized carbons (Fsp3) is 0.308. The number of amides is 1. The van der Waals surface area contributed by atoms with Crippen LogP contribution in [-0.2, 0) is 17.8 Å². The van der Waals surface area contributed by atoms with Gasteiger partial charge in [-0.05, 0) is 29.3 Å². The average molecular weight is 318 g/mol. The highest BCUT2D eigenvalue weighted by molar-refractivity contribution is 7.07. The smallest absolute Gasteiger partial charge is 0.280 e. The molecule has 0 radical (unpaired) electrons. The van der Waals surface area contributed by atoms with Crippen molar-refractivity contribution in [3.63, 3.8) is 0 Å². The second-order valence-corrected chi connectivity index (χ2v) is 5.45. The van der Waals surface area contributed by atoms with Crippen LogP contribution in [0.2, 0.25) is 0 Å². The molecule has 114 valence electrons. The lowest BCUT2D eigenvalue weighted by Crippen LogP contribution is -2.28. The van der Waals surface area contributed by atoms with Crippen LogP contribution in [-0.4, -0.2) is 37.6 Å². The number of nitrogens with one attached hydrogen (secondary N) is 1. The van der Waals surface area contributed by atoms with Crippen LogP contribution in [0.3, 0.4) is 0 Å². The summed E-state index contributed by atoms with van der Waals surface area (Å²) in [7, 11) is 0. The van der Waals surface area contributed by atoms with Gasteiger partial charge < -0.3 is 9.84 Å². The minimum Gasteiger partial charge on any atom is -0.354 e. The number of nitrogens with zero attached hydrogens (tertiary/aromatic N) is 5. The van der Waals surface area contributed by atoms with Crippen molar-refractivity contribution in [2.24, 2.45) is 0 Å². The van der Waals surface area contributed by atoms with Crippen LogP contribution in [0.1, 0.15) is 11.4 Å². The molecule has 9 heteroatoms. The Labute approximate surface area is 130 Å². The second-order valence-electron chi connectivity index (χ2n) is 4.67. The summed E-state index contributed by atoms with van der Waals surface area (Å²) in [5, 5.41) is 18.4. The van der Waals surface area contributed by atoms with E-state index in [1.165, 1.54) is 0 Å². The minimum absolute atomic E-state index is 0.00809. The van der Waals surface area contributed by atoms with E-state index < -0.39 is 0 Å². The quantitative estimate of drug-likeness (QED) is 0.729. The van der Waals surface area contributed by atoms with E-state index in [0.29, 0.717) is 36.9 Å². The molecule has 3 heterocycles. The Hall–Kier alpha value is -2.55. The van der Waals surface area contributed by atoms with E-state index >= 15 is 0 Å². The molecule has 3 rings (SSSR count). The van der Waals surface area contributed by atoms with Crippen molar-refractivity contribution in [3.05, 3.63) is 34.4 Å². The summed E-state index contributed by atoms with van der Waals surface area (Å²) in [6.07, 6.45) is 2.10. The lowest BCUT2D eigenvalue weighted by atomic mass is 10.2. The number of hydrogen-bond donors (Lipinski definition) is 1. The molecule has 3 aromatic rings. The largest absolute Gasteiger partial charge is 0.354 e. The number of carbonyl (C=O) groups excluding carboxylic acids is 1.